The maximum atomic E-state index is 13.9. The minimum Gasteiger partial charge on any atom is -0.733 e. The molecule has 9 nitrogen and oxygen atoms in total. The molecule has 2 aromatic carbocycles. The molecule has 0 radical (unpaired) electrons. The first-order valence-electron chi connectivity index (χ1n) is 10.6. The van der Waals surface area contributed by atoms with Crippen LogP contribution in [0.15, 0.2) is 42.5 Å². The number of carbonyl (C=O) groups is 3. The number of aryl methyl sites for hydroxylation is 1. The summed E-state index contributed by atoms with van der Waals surface area (Å²) in [5.74, 6) is -2.16. The van der Waals surface area contributed by atoms with Crippen LogP contribution < -0.4 is 20.8 Å². The van der Waals surface area contributed by atoms with Gasteiger partial charge >= 0.3 is 0 Å². The Balaban J connectivity index is 1.65. The van der Waals surface area contributed by atoms with Gasteiger partial charge in [0.15, 0.2) is 0 Å². The van der Waals surface area contributed by atoms with Crippen LogP contribution >= 0.6 is 11.8 Å². The maximum Gasteiger partial charge on any atom is 0.250 e. The van der Waals surface area contributed by atoms with E-state index in [0.717, 1.165) is 10.7 Å². The molecule has 0 aromatic heterocycles. The molecule has 3 aliphatic rings. The summed E-state index contributed by atoms with van der Waals surface area (Å²) >= 11 is 1.63. The highest BCUT2D eigenvalue weighted by Gasteiger charge is 2.70. The number of para-hydroxylation sites is 1. The number of nitrogens with zero attached hydrogens (tertiary/aromatic N) is 2. The van der Waals surface area contributed by atoms with Gasteiger partial charge in [-0.2, -0.15) is 11.8 Å². The molecule has 0 aliphatic carbocycles. The monoisotopic (exact) mass is 467 g/mol. The molecule has 172 valence electrons. The highest BCUT2D eigenvalue weighted by Crippen LogP contribution is 2.54. The first kappa shape index (κ1) is 21.9. The maximum absolute atomic E-state index is 13.9. The number of benzene rings is 2. The summed E-state index contributed by atoms with van der Waals surface area (Å²) in [6.45, 7) is 1.72. The molecule has 0 saturated carbocycles. The van der Waals surface area contributed by atoms with Gasteiger partial charge in [-0.1, -0.05) is 24.3 Å². The zero-order chi connectivity index (χ0) is 23.5. The molecule has 2 aromatic rings. The first-order valence-corrected chi connectivity index (χ1v) is 12.0. The summed E-state index contributed by atoms with van der Waals surface area (Å²) in [6.07, 6.45) is 2.57. The van der Waals surface area contributed by atoms with Crippen LogP contribution in [0.4, 0.5) is 17.1 Å². The summed E-state index contributed by atoms with van der Waals surface area (Å²) in [5.41, 5.74) is 0.672. The summed E-state index contributed by atoms with van der Waals surface area (Å²) < 4.78 is 0. The van der Waals surface area contributed by atoms with E-state index in [2.05, 4.69) is 10.6 Å². The lowest BCUT2D eigenvalue weighted by Crippen LogP contribution is -2.53. The summed E-state index contributed by atoms with van der Waals surface area (Å²) in [6, 6.07) is 11.1. The Bertz CT molecular complexity index is 1170. The Labute approximate surface area is 194 Å². The van der Waals surface area contributed by atoms with Crippen LogP contribution in [0.3, 0.4) is 0 Å². The lowest BCUT2D eigenvalue weighted by atomic mass is 9.76. The van der Waals surface area contributed by atoms with E-state index in [-0.39, 0.29) is 28.6 Å². The predicted molar refractivity (Wildman–Crippen MR) is 125 cm³/mol. The number of nitrogens with one attached hydrogen (secondary N) is 2. The number of anilines is 3. The van der Waals surface area contributed by atoms with Crippen molar-refractivity contribution in [2.24, 2.45) is 11.8 Å². The standard InChI is InChI=1S/C23H23N4O5S/c1-12-7-8-13(27(31)32)11-17(12)26-20(28)18-16(9-10-33-2)25-23(19(18)21(26)29)14-5-3-4-6-15(14)24-22(23)30/h3-8,11,16,18-19,25,31H,9-10H2,1-2H3,(H,24,30)/q-1/t16-,18-,19-,23-/m0/s1. The number of fused-ring (bicyclic) bond motifs is 4. The van der Waals surface area contributed by atoms with Crippen molar-refractivity contribution in [1.29, 1.82) is 0 Å². The zero-order valence-electron chi connectivity index (χ0n) is 18.1. The molecule has 2 saturated heterocycles. The number of carbonyl (C=O) groups excluding carboxylic acids is 3. The summed E-state index contributed by atoms with van der Waals surface area (Å²) in [7, 11) is 0. The first-order chi connectivity index (χ1) is 15.8. The van der Waals surface area contributed by atoms with Gasteiger partial charge in [0.25, 0.3) is 0 Å². The second kappa shape index (κ2) is 7.84. The molecular weight excluding hydrogens is 444 g/mol. The van der Waals surface area contributed by atoms with Crippen molar-refractivity contribution in [2.45, 2.75) is 24.9 Å². The fourth-order valence-electron chi connectivity index (χ4n) is 5.45. The van der Waals surface area contributed by atoms with Gasteiger partial charge in [0.05, 0.1) is 23.2 Å². The smallest absolute Gasteiger partial charge is 0.250 e. The highest BCUT2D eigenvalue weighted by molar-refractivity contribution is 7.98. The van der Waals surface area contributed by atoms with Gasteiger partial charge in [-0.25, -0.2) is 4.90 Å². The fraction of sp³-hybridized carbons (Fsp3) is 0.348. The van der Waals surface area contributed by atoms with Crippen LogP contribution in [0.2, 0.25) is 0 Å². The average Bonchev–Trinajstić information content (AvgIpc) is 3.37. The normalized spacial score (nSPS) is 27.8. The van der Waals surface area contributed by atoms with Crippen molar-refractivity contribution in [3.8, 4) is 0 Å². The lowest BCUT2D eigenvalue weighted by Gasteiger charge is -2.30. The SMILES string of the molecule is CSCC[C@@H]1N[C@]2(C(=O)Nc3ccccc32)[C@@H]2C(=O)N(c3cc(N([O-])O)ccc3C)C(=O)[C@@H]12. The van der Waals surface area contributed by atoms with Crippen LogP contribution in [0.1, 0.15) is 17.5 Å². The Morgan fingerprint density at radius 3 is 2.67 bits per heavy atom. The van der Waals surface area contributed by atoms with Crippen LogP contribution in [0.25, 0.3) is 0 Å². The van der Waals surface area contributed by atoms with E-state index >= 15 is 0 Å². The molecular formula is C23H23N4O5S-. The summed E-state index contributed by atoms with van der Waals surface area (Å²) in [5, 5.41) is 26.8. The third-order valence-electron chi connectivity index (χ3n) is 6.91. The number of thioether (sulfide) groups is 1. The lowest BCUT2D eigenvalue weighted by molar-refractivity contribution is -0.130. The van der Waals surface area contributed by atoms with Crippen molar-refractivity contribution < 1.29 is 19.6 Å². The molecule has 0 unspecified atom stereocenters. The average molecular weight is 468 g/mol. The van der Waals surface area contributed by atoms with Crippen molar-refractivity contribution in [2.75, 3.05) is 27.5 Å². The Morgan fingerprint density at radius 1 is 1.18 bits per heavy atom. The van der Waals surface area contributed by atoms with Gasteiger partial charge in [0.2, 0.25) is 17.7 Å². The van der Waals surface area contributed by atoms with Crippen LogP contribution in [0, 0.1) is 24.0 Å². The van der Waals surface area contributed by atoms with Gasteiger partial charge in [-0.3, -0.25) is 24.9 Å². The minimum atomic E-state index is -1.35. The van der Waals surface area contributed by atoms with Crippen molar-refractivity contribution in [1.82, 2.24) is 5.32 Å². The molecule has 1 spiro atoms. The van der Waals surface area contributed by atoms with Crippen molar-refractivity contribution >= 4 is 46.5 Å². The molecule has 10 heteroatoms. The van der Waals surface area contributed by atoms with Gasteiger partial charge in [-0.05, 0) is 49.1 Å². The number of imide groups is 1. The molecule has 3 aliphatic heterocycles. The Kier molecular flexibility index (Phi) is 5.20. The van der Waals surface area contributed by atoms with Gasteiger partial charge in [0.1, 0.15) is 5.54 Å². The Morgan fingerprint density at radius 2 is 1.94 bits per heavy atom. The van der Waals surface area contributed by atoms with E-state index in [1.54, 1.807) is 30.8 Å². The molecule has 0 bridgehead atoms. The number of amides is 3. The summed E-state index contributed by atoms with van der Waals surface area (Å²) in [4.78, 5) is 42.1. The van der Waals surface area contributed by atoms with E-state index in [1.807, 2.05) is 24.5 Å². The fourth-order valence-corrected chi connectivity index (χ4v) is 5.94. The third kappa shape index (κ3) is 3.02. The van der Waals surface area contributed by atoms with Crippen LogP contribution in [-0.4, -0.2) is 41.0 Å². The highest BCUT2D eigenvalue weighted by atomic mass is 32.2. The van der Waals surface area contributed by atoms with Crippen molar-refractivity contribution in [3.05, 3.63) is 58.8 Å². The predicted octanol–water partition coefficient (Wildman–Crippen LogP) is 2.37. The largest absolute Gasteiger partial charge is 0.733 e. The third-order valence-corrected chi connectivity index (χ3v) is 7.55. The van der Waals surface area contributed by atoms with E-state index in [0.29, 0.717) is 23.2 Å². The van der Waals surface area contributed by atoms with Gasteiger partial charge in [-0.15, -0.1) is 0 Å². The van der Waals surface area contributed by atoms with E-state index in [1.165, 1.54) is 12.1 Å². The second-order valence-corrected chi connectivity index (χ2v) is 9.58. The number of rotatable bonds is 5. The molecule has 4 atom stereocenters. The van der Waals surface area contributed by atoms with E-state index in [9.17, 15) is 24.8 Å². The van der Waals surface area contributed by atoms with E-state index < -0.39 is 29.2 Å². The molecule has 3 amide bonds. The molecule has 2 fully saturated rings. The van der Waals surface area contributed by atoms with Crippen molar-refractivity contribution in [3.63, 3.8) is 0 Å². The van der Waals surface area contributed by atoms with Gasteiger partial charge < -0.3 is 15.8 Å². The second-order valence-electron chi connectivity index (χ2n) is 8.60. The molecule has 3 heterocycles. The molecule has 3 N–H and O–H groups in total. The number of hydrogen-bond acceptors (Lipinski definition) is 8. The molecule has 5 rings (SSSR count). The molecule has 33 heavy (non-hydrogen) atoms. The van der Waals surface area contributed by atoms with Gasteiger partial charge in [0, 0.05) is 17.3 Å². The Hall–Kier alpha value is -2.92. The van der Waals surface area contributed by atoms with E-state index in [4.69, 9.17) is 0 Å². The zero-order valence-corrected chi connectivity index (χ0v) is 18.9. The number of hydrogen-bond donors (Lipinski definition) is 3. The van der Waals surface area contributed by atoms with Crippen LogP contribution in [0.5, 0.6) is 0 Å². The minimum absolute atomic E-state index is 0.0935. The quantitative estimate of drug-likeness (QED) is 0.452. The van der Waals surface area contributed by atoms with Crippen LogP contribution in [-0.2, 0) is 19.9 Å². The topological polar surface area (TPSA) is 125 Å².